The highest BCUT2D eigenvalue weighted by atomic mass is 32.2. The van der Waals surface area contributed by atoms with Crippen molar-refractivity contribution in [3.63, 3.8) is 0 Å². The molecule has 0 aliphatic rings. The number of hydrogen-bond acceptors (Lipinski definition) is 4. The van der Waals surface area contributed by atoms with Gasteiger partial charge in [0.05, 0.1) is 12.4 Å². The van der Waals surface area contributed by atoms with Gasteiger partial charge >= 0.3 is 0 Å². The van der Waals surface area contributed by atoms with E-state index in [0.717, 1.165) is 19.3 Å². The van der Waals surface area contributed by atoms with Gasteiger partial charge in [0, 0.05) is 27.3 Å². The van der Waals surface area contributed by atoms with Gasteiger partial charge < -0.3 is 9.84 Å². The van der Waals surface area contributed by atoms with E-state index in [1.54, 1.807) is 7.05 Å². The molecule has 92 valence electrons. The number of methoxy groups -OCH3 is 1. The summed E-state index contributed by atoms with van der Waals surface area (Å²) in [6, 6.07) is 0. The number of nitrogens with zero attached hydrogens (tertiary/aromatic N) is 1. The molecule has 0 atom stereocenters. The first-order valence-corrected chi connectivity index (χ1v) is 6.69. The van der Waals surface area contributed by atoms with Gasteiger partial charge in [-0.25, -0.2) is 12.7 Å². The van der Waals surface area contributed by atoms with Gasteiger partial charge in [0.15, 0.2) is 0 Å². The molecule has 0 heterocycles. The lowest BCUT2D eigenvalue weighted by Crippen LogP contribution is -2.31. The lowest BCUT2D eigenvalue weighted by Gasteiger charge is -2.16. The van der Waals surface area contributed by atoms with Gasteiger partial charge in [0.25, 0.3) is 0 Å². The number of unbranched alkanes of at least 4 members (excludes halogenated alkanes) is 2. The highest BCUT2D eigenvalue weighted by Crippen LogP contribution is 2.02. The van der Waals surface area contributed by atoms with Crippen molar-refractivity contribution < 1.29 is 18.3 Å². The third kappa shape index (κ3) is 6.83. The number of rotatable bonds is 9. The highest BCUT2D eigenvalue weighted by Gasteiger charge is 2.16. The van der Waals surface area contributed by atoms with Crippen molar-refractivity contribution in [1.29, 1.82) is 0 Å². The van der Waals surface area contributed by atoms with Crippen LogP contribution < -0.4 is 0 Å². The average Bonchev–Trinajstić information content (AvgIpc) is 2.21. The zero-order valence-corrected chi connectivity index (χ0v) is 10.3. The smallest absolute Gasteiger partial charge is 0.216 e. The molecule has 15 heavy (non-hydrogen) atoms. The SMILES string of the molecule is COCCS(=O)(=O)N(C)CCCCCO. The third-order valence-corrected chi connectivity index (χ3v) is 3.97. The normalized spacial score (nSPS) is 12.3. The molecule has 0 unspecified atom stereocenters. The zero-order chi connectivity index (χ0) is 11.7. The van der Waals surface area contributed by atoms with E-state index >= 15 is 0 Å². The second-order valence-corrected chi connectivity index (χ2v) is 5.61. The monoisotopic (exact) mass is 239 g/mol. The summed E-state index contributed by atoms with van der Waals surface area (Å²) in [5, 5.41) is 8.56. The fourth-order valence-corrected chi connectivity index (χ4v) is 2.20. The van der Waals surface area contributed by atoms with Crippen LogP contribution in [-0.2, 0) is 14.8 Å². The lowest BCUT2D eigenvalue weighted by molar-refractivity contribution is 0.215. The molecule has 0 saturated carbocycles. The Bertz CT molecular complexity index is 240. The molecule has 0 aliphatic carbocycles. The van der Waals surface area contributed by atoms with E-state index in [9.17, 15) is 8.42 Å². The Kier molecular flexibility index (Phi) is 7.95. The molecule has 0 fully saturated rings. The second-order valence-electron chi connectivity index (χ2n) is 3.41. The van der Waals surface area contributed by atoms with Crippen molar-refractivity contribution in [2.75, 3.05) is 39.7 Å². The van der Waals surface area contributed by atoms with Crippen molar-refractivity contribution in [1.82, 2.24) is 4.31 Å². The molecule has 0 radical (unpaired) electrons. The standard InChI is InChI=1S/C9H21NO4S/c1-10(6-4-3-5-7-11)15(12,13)9-8-14-2/h11H,3-9H2,1-2H3. The molecule has 0 aliphatic heterocycles. The minimum atomic E-state index is -3.16. The summed E-state index contributed by atoms with van der Waals surface area (Å²) in [6.07, 6.45) is 2.36. The number of aliphatic hydroxyl groups excluding tert-OH is 1. The van der Waals surface area contributed by atoms with Crippen LogP contribution in [0.15, 0.2) is 0 Å². The minimum absolute atomic E-state index is 0.0278. The van der Waals surface area contributed by atoms with Gasteiger partial charge in [-0.05, 0) is 19.3 Å². The van der Waals surface area contributed by atoms with Crippen LogP contribution in [0.2, 0.25) is 0 Å². The first-order valence-electron chi connectivity index (χ1n) is 5.08. The first kappa shape index (κ1) is 14.8. The van der Waals surface area contributed by atoms with Crippen molar-refractivity contribution in [3.8, 4) is 0 Å². The molecule has 0 amide bonds. The number of sulfonamides is 1. The van der Waals surface area contributed by atoms with Gasteiger partial charge in [-0.15, -0.1) is 0 Å². The Morgan fingerprint density at radius 1 is 1.27 bits per heavy atom. The van der Waals surface area contributed by atoms with E-state index in [1.165, 1.54) is 11.4 Å². The maximum absolute atomic E-state index is 11.5. The van der Waals surface area contributed by atoms with Gasteiger partial charge in [-0.2, -0.15) is 0 Å². The molecule has 0 saturated heterocycles. The van der Waals surface area contributed by atoms with Gasteiger partial charge in [-0.3, -0.25) is 0 Å². The molecule has 0 bridgehead atoms. The summed E-state index contributed by atoms with van der Waals surface area (Å²) in [5.74, 6) is 0.0278. The van der Waals surface area contributed by atoms with Crippen LogP contribution in [0, 0.1) is 0 Å². The van der Waals surface area contributed by atoms with Crippen molar-refractivity contribution in [3.05, 3.63) is 0 Å². The maximum atomic E-state index is 11.5. The van der Waals surface area contributed by atoms with Crippen LogP contribution in [0.25, 0.3) is 0 Å². The van der Waals surface area contributed by atoms with E-state index < -0.39 is 10.0 Å². The van der Waals surface area contributed by atoms with Crippen molar-refractivity contribution in [2.45, 2.75) is 19.3 Å². The summed E-state index contributed by atoms with van der Waals surface area (Å²) in [6.45, 7) is 0.898. The summed E-state index contributed by atoms with van der Waals surface area (Å²) in [4.78, 5) is 0. The fraction of sp³-hybridized carbons (Fsp3) is 1.00. The van der Waals surface area contributed by atoms with Crippen molar-refractivity contribution >= 4 is 10.0 Å². The Balaban J connectivity index is 3.81. The second kappa shape index (κ2) is 8.04. The highest BCUT2D eigenvalue weighted by molar-refractivity contribution is 7.89. The van der Waals surface area contributed by atoms with Crippen LogP contribution in [0.5, 0.6) is 0 Å². The zero-order valence-electron chi connectivity index (χ0n) is 9.48. The Labute approximate surface area is 92.1 Å². The summed E-state index contributed by atoms with van der Waals surface area (Å²) in [7, 11) is -0.108. The van der Waals surface area contributed by atoms with Crippen LogP contribution in [0.1, 0.15) is 19.3 Å². The molecule has 6 heteroatoms. The fourth-order valence-electron chi connectivity index (χ4n) is 1.11. The van der Waals surface area contributed by atoms with E-state index in [0.29, 0.717) is 6.54 Å². The number of aliphatic hydroxyl groups is 1. The Morgan fingerprint density at radius 3 is 2.47 bits per heavy atom. The van der Waals surface area contributed by atoms with Crippen LogP contribution >= 0.6 is 0 Å². The van der Waals surface area contributed by atoms with Crippen molar-refractivity contribution in [2.24, 2.45) is 0 Å². The molecular formula is C9H21NO4S. The Morgan fingerprint density at radius 2 is 1.93 bits per heavy atom. The largest absolute Gasteiger partial charge is 0.396 e. The maximum Gasteiger partial charge on any atom is 0.216 e. The topological polar surface area (TPSA) is 66.8 Å². The number of hydrogen-bond donors (Lipinski definition) is 1. The molecule has 0 spiro atoms. The van der Waals surface area contributed by atoms with Gasteiger partial charge in [-0.1, -0.05) is 0 Å². The molecule has 0 aromatic rings. The molecule has 0 aromatic heterocycles. The van der Waals surface area contributed by atoms with Crippen LogP contribution in [0.3, 0.4) is 0 Å². The van der Waals surface area contributed by atoms with E-state index in [1.807, 2.05) is 0 Å². The quantitative estimate of drug-likeness (QED) is 0.578. The van der Waals surface area contributed by atoms with E-state index in [-0.39, 0.29) is 19.0 Å². The van der Waals surface area contributed by atoms with E-state index in [4.69, 9.17) is 9.84 Å². The van der Waals surface area contributed by atoms with E-state index in [2.05, 4.69) is 0 Å². The summed E-state index contributed by atoms with van der Waals surface area (Å²) < 4.78 is 29.2. The molecular weight excluding hydrogens is 218 g/mol. The van der Waals surface area contributed by atoms with Crippen LogP contribution in [0.4, 0.5) is 0 Å². The predicted molar refractivity (Wildman–Crippen MR) is 59.2 cm³/mol. The number of ether oxygens (including phenoxy) is 1. The summed E-state index contributed by atoms with van der Waals surface area (Å²) >= 11 is 0. The molecule has 5 nitrogen and oxygen atoms in total. The minimum Gasteiger partial charge on any atom is -0.396 e. The molecule has 0 aromatic carbocycles. The predicted octanol–water partition coefficient (Wildman–Crippen LogP) is 0.0570. The molecule has 0 rings (SSSR count). The average molecular weight is 239 g/mol. The van der Waals surface area contributed by atoms with Gasteiger partial charge in [0.1, 0.15) is 0 Å². The molecule has 1 N–H and O–H groups in total. The Hall–Kier alpha value is -0.170. The van der Waals surface area contributed by atoms with Crippen LogP contribution in [-0.4, -0.2) is 57.5 Å². The lowest BCUT2D eigenvalue weighted by atomic mass is 10.2. The van der Waals surface area contributed by atoms with Gasteiger partial charge in [0.2, 0.25) is 10.0 Å². The first-order chi connectivity index (χ1) is 7.04. The summed E-state index contributed by atoms with van der Waals surface area (Å²) in [5.41, 5.74) is 0. The third-order valence-electron chi connectivity index (χ3n) is 2.15.